The van der Waals surface area contributed by atoms with Crippen molar-refractivity contribution in [3.05, 3.63) is 205 Å². The van der Waals surface area contributed by atoms with Crippen LogP contribution in [0.15, 0.2) is 207 Å². The lowest BCUT2D eigenvalue weighted by Gasteiger charge is -2.25. The summed E-state index contributed by atoms with van der Waals surface area (Å²) < 4.78 is 12.9. The number of nitrogens with one attached hydrogen (secondary N) is 1. The van der Waals surface area contributed by atoms with Crippen molar-refractivity contribution in [3.63, 3.8) is 0 Å². The largest absolute Gasteiger partial charge is 0.456 e. The maximum absolute atomic E-state index is 6.56. The Kier molecular flexibility index (Phi) is 7.23. The lowest BCUT2D eigenvalue weighted by Crippen LogP contribution is -2.33. The number of hydrogen-bond donors (Lipinski definition) is 1. The van der Waals surface area contributed by atoms with Gasteiger partial charge in [-0.05, 0) is 62.5 Å². The molecule has 0 fully saturated rings. The first-order valence-electron chi connectivity index (χ1n) is 19.6. The highest BCUT2D eigenvalue weighted by molar-refractivity contribution is 6.22. The van der Waals surface area contributed by atoms with E-state index in [1.807, 2.05) is 24.3 Å². The molecular formula is C53H33N3O2. The number of aliphatic imine (C=N–C) groups is 2. The third kappa shape index (κ3) is 5.10. The molecule has 11 aromatic rings. The van der Waals surface area contributed by atoms with Gasteiger partial charge in [-0.1, -0.05) is 164 Å². The Balaban J connectivity index is 1.05. The standard InChI is InChI=1S/C53H33N3O2/c1-2-13-32(14-3-1)37-29-30-47-49(42-20-9-11-24-46(42)57-47)48(37)33-25-27-34(28-26-33)51-54-52(43-22-12-21-41-40-19-8-10-23-45(40)58-50(41)43)56-53(55-51)44-31-35-15-4-5-16-36(35)38-17-6-7-18-39(38)44/h1-31,52H,(H,54,55,56). The van der Waals surface area contributed by atoms with Gasteiger partial charge >= 0.3 is 0 Å². The van der Waals surface area contributed by atoms with Gasteiger partial charge in [0.15, 0.2) is 12.0 Å². The van der Waals surface area contributed by atoms with E-state index in [1.165, 1.54) is 10.8 Å². The highest BCUT2D eigenvalue weighted by Crippen LogP contribution is 2.43. The van der Waals surface area contributed by atoms with E-state index in [0.717, 1.165) is 99.4 Å². The van der Waals surface area contributed by atoms with Gasteiger partial charge in [0.1, 0.15) is 28.2 Å². The zero-order chi connectivity index (χ0) is 38.2. The fraction of sp³-hybridized carbons (Fsp3) is 0.0189. The topological polar surface area (TPSA) is 63.0 Å². The van der Waals surface area contributed by atoms with Crippen molar-refractivity contribution < 1.29 is 8.83 Å². The molecule has 272 valence electrons. The summed E-state index contributed by atoms with van der Waals surface area (Å²) in [7, 11) is 0. The average molecular weight is 744 g/mol. The Morgan fingerprint density at radius 3 is 1.91 bits per heavy atom. The molecule has 0 saturated heterocycles. The number of fused-ring (bicyclic) bond motifs is 9. The van der Waals surface area contributed by atoms with Gasteiger partial charge in [0.25, 0.3) is 0 Å². The molecule has 0 bridgehead atoms. The molecule has 9 aromatic carbocycles. The summed E-state index contributed by atoms with van der Waals surface area (Å²) in [5, 5.41) is 12.8. The lowest BCUT2D eigenvalue weighted by atomic mass is 9.90. The Morgan fingerprint density at radius 2 is 1.09 bits per heavy atom. The molecule has 58 heavy (non-hydrogen) atoms. The maximum atomic E-state index is 6.56. The lowest BCUT2D eigenvalue weighted by molar-refractivity contribution is 0.629. The van der Waals surface area contributed by atoms with Crippen LogP contribution in [0.25, 0.3) is 87.7 Å². The molecular weight excluding hydrogens is 711 g/mol. The Labute approximate surface area is 333 Å². The van der Waals surface area contributed by atoms with Crippen molar-refractivity contribution in [2.45, 2.75) is 6.17 Å². The first kappa shape index (κ1) is 32.5. The fourth-order valence-electron chi connectivity index (χ4n) is 8.87. The summed E-state index contributed by atoms with van der Waals surface area (Å²) >= 11 is 0. The molecule has 0 saturated carbocycles. The van der Waals surface area contributed by atoms with Gasteiger partial charge in [-0.25, -0.2) is 9.98 Å². The van der Waals surface area contributed by atoms with Gasteiger partial charge in [-0.2, -0.15) is 0 Å². The molecule has 1 aliphatic rings. The SMILES string of the molecule is c1ccc(-c2ccc3oc4ccccc4c3c2-c2ccc(C3=NC(c4cccc5c4oc4ccccc45)NC(c4cc5ccccc5c5ccccc45)=N3)cc2)cc1. The summed E-state index contributed by atoms with van der Waals surface area (Å²) in [6, 6.07) is 65.7. The second kappa shape index (κ2) is 12.9. The third-order valence-corrected chi connectivity index (χ3v) is 11.6. The number of rotatable bonds is 5. The summed E-state index contributed by atoms with van der Waals surface area (Å²) in [6.07, 6.45) is -0.465. The molecule has 5 heteroatoms. The average Bonchev–Trinajstić information content (AvgIpc) is 3.87. The van der Waals surface area contributed by atoms with Crippen LogP contribution >= 0.6 is 0 Å². The summed E-state index contributed by atoms with van der Waals surface area (Å²) in [5.74, 6) is 1.40. The number of nitrogens with zero attached hydrogens (tertiary/aromatic N) is 2. The quantitative estimate of drug-likeness (QED) is 0.179. The van der Waals surface area contributed by atoms with E-state index >= 15 is 0 Å². The van der Waals surface area contributed by atoms with Crippen molar-refractivity contribution in [1.82, 2.24) is 5.32 Å². The van der Waals surface area contributed by atoms with E-state index in [-0.39, 0.29) is 0 Å². The summed E-state index contributed by atoms with van der Waals surface area (Å²) in [6.45, 7) is 0. The zero-order valence-corrected chi connectivity index (χ0v) is 31.2. The van der Waals surface area contributed by atoms with Crippen LogP contribution in [-0.2, 0) is 0 Å². The maximum Gasteiger partial charge on any atom is 0.159 e. The van der Waals surface area contributed by atoms with Crippen LogP contribution < -0.4 is 5.32 Å². The van der Waals surface area contributed by atoms with E-state index in [0.29, 0.717) is 5.84 Å². The highest BCUT2D eigenvalue weighted by atomic mass is 16.3. The molecule has 3 heterocycles. The molecule has 1 N–H and O–H groups in total. The molecule has 0 radical (unpaired) electrons. The van der Waals surface area contributed by atoms with Crippen molar-refractivity contribution in [1.29, 1.82) is 0 Å². The van der Waals surface area contributed by atoms with Crippen LogP contribution in [0.2, 0.25) is 0 Å². The van der Waals surface area contributed by atoms with Gasteiger partial charge in [-0.3, -0.25) is 0 Å². The van der Waals surface area contributed by atoms with Crippen molar-refractivity contribution in [3.8, 4) is 22.3 Å². The zero-order valence-electron chi connectivity index (χ0n) is 31.2. The molecule has 0 spiro atoms. The minimum Gasteiger partial charge on any atom is -0.456 e. The summed E-state index contributed by atoms with van der Waals surface area (Å²) in [4.78, 5) is 10.7. The highest BCUT2D eigenvalue weighted by Gasteiger charge is 2.26. The molecule has 1 unspecified atom stereocenters. The van der Waals surface area contributed by atoms with E-state index < -0.39 is 6.17 Å². The normalized spacial score (nSPS) is 14.4. The van der Waals surface area contributed by atoms with Crippen molar-refractivity contribution in [2.75, 3.05) is 0 Å². The fourth-order valence-corrected chi connectivity index (χ4v) is 8.87. The van der Waals surface area contributed by atoms with Gasteiger partial charge in [0.05, 0.1) is 0 Å². The van der Waals surface area contributed by atoms with E-state index in [9.17, 15) is 0 Å². The first-order valence-corrected chi connectivity index (χ1v) is 19.6. The minimum atomic E-state index is -0.465. The van der Waals surface area contributed by atoms with E-state index in [2.05, 4.69) is 169 Å². The van der Waals surface area contributed by atoms with E-state index in [1.54, 1.807) is 0 Å². The molecule has 0 aliphatic carbocycles. The van der Waals surface area contributed by atoms with E-state index in [4.69, 9.17) is 18.8 Å². The number of para-hydroxylation sites is 3. The number of hydrogen-bond acceptors (Lipinski definition) is 5. The molecule has 0 amide bonds. The van der Waals surface area contributed by atoms with Crippen LogP contribution in [0.5, 0.6) is 0 Å². The Hall–Kier alpha value is -7.76. The van der Waals surface area contributed by atoms with Crippen LogP contribution in [0.3, 0.4) is 0 Å². The minimum absolute atomic E-state index is 0.465. The predicted octanol–water partition coefficient (Wildman–Crippen LogP) is 13.6. The molecule has 1 aliphatic heterocycles. The first-order chi connectivity index (χ1) is 28.7. The molecule has 2 aromatic heterocycles. The van der Waals surface area contributed by atoms with Gasteiger partial charge < -0.3 is 14.2 Å². The smallest absolute Gasteiger partial charge is 0.159 e. The van der Waals surface area contributed by atoms with Crippen LogP contribution in [0.4, 0.5) is 0 Å². The molecule has 5 nitrogen and oxygen atoms in total. The van der Waals surface area contributed by atoms with Crippen molar-refractivity contribution in [2.24, 2.45) is 9.98 Å². The second-order valence-electron chi connectivity index (χ2n) is 14.9. The Bertz CT molecular complexity index is 3480. The third-order valence-electron chi connectivity index (χ3n) is 11.6. The number of amidine groups is 2. The monoisotopic (exact) mass is 743 g/mol. The molecule has 1 atom stereocenters. The second-order valence-corrected chi connectivity index (χ2v) is 14.9. The number of benzene rings is 9. The predicted molar refractivity (Wildman–Crippen MR) is 239 cm³/mol. The van der Waals surface area contributed by atoms with Crippen molar-refractivity contribution >= 4 is 77.1 Å². The Morgan fingerprint density at radius 1 is 0.431 bits per heavy atom. The summed E-state index contributed by atoms with van der Waals surface area (Å²) in [5.41, 5.74) is 10.8. The van der Waals surface area contributed by atoms with Crippen LogP contribution in [-0.4, -0.2) is 11.7 Å². The van der Waals surface area contributed by atoms with Gasteiger partial charge in [0, 0.05) is 43.8 Å². The van der Waals surface area contributed by atoms with Crippen LogP contribution in [0, 0.1) is 0 Å². The number of furan rings is 2. The molecule has 12 rings (SSSR count). The van der Waals surface area contributed by atoms with Crippen LogP contribution in [0.1, 0.15) is 22.9 Å². The van der Waals surface area contributed by atoms with Gasteiger partial charge in [0.2, 0.25) is 0 Å². The van der Waals surface area contributed by atoms with Gasteiger partial charge in [-0.15, -0.1) is 0 Å².